The number of carboxylic acid groups (broad SMARTS) is 1. The number of nitrogens with one attached hydrogen (secondary N) is 1. The molecule has 0 amide bonds. The molecule has 0 spiro atoms. The molecule has 1 saturated carbocycles. The largest absolute Gasteiger partial charge is 0.480 e. The second kappa shape index (κ2) is 7.59. The number of likely N-dealkylation sites (N-methyl/N-ethyl adjacent to an activating group) is 1. The number of likely N-dealkylation sites (tertiary alicyclic amines) is 1. The van der Waals surface area contributed by atoms with Gasteiger partial charge < -0.3 is 15.3 Å². The molecule has 122 valence electrons. The van der Waals surface area contributed by atoms with Gasteiger partial charge in [-0.25, -0.2) is 0 Å². The van der Waals surface area contributed by atoms with E-state index in [1.165, 1.54) is 45.1 Å². The van der Waals surface area contributed by atoms with Crippen LogP contribution in [-0.4, -0.2) is 47.7 Å². The molecule has 0 aromatic rings. The van der Waals surface area contributed by atoms with E-state index >= 15 is 0 Å². The lowest BCUT2D eigenvalue weighted by molar-refractivity contribution is -0.144. The Bertz CT molecular complexity index is 342. The third kappa shape index (κ3) is 4.19. The van der Waals surface area contributed by atoms with E-state index < -0.39 is 11.5 Å². The standard InChI is InChI=1S/C17H32N2O2/c1-17(18-2,16(20)21)11-5-6-12-19-13-7-10-15(19)14-8-3-4-9-14/h14-15,18H,3-13H2,1-2H3,(H,20,21). The summed E-state index contributed by atoms with van der Waals surface area (Å²) in [6.45, 7) is 4.19. The second-order valence-electron chi connectivity index (χ2n) is 7.13. The van der Waals surface area contributed by atoms with E-state index in [0.29, 0.717) is 6.42 Å². The number of hydrogen-bond acceptors (Lipinski definition) is 3. The summed E-state index contributed by atoms with van der Waals surface area (Å²) >= 11 is 0. The number of rotatable bonds is 8. The minimum atomic E-state index is -0.768. The maximum atomic E-state index is 11.3. The summed E-state index contributed by atoms with van der Waals surface area (Å²) < 4.78 is 0. The van der Waals surface area contributed by atoms with Crippen LogP contribution >= 0.6 is 0 Å². The Morgan fingerprint density at radius 2 is 1.95 bits per heavy atom. The zero-order valence-electron chi connectivity index (χ0n) is 13.7. The van der Waals surface area contributed by atoms with Crippen molar-refractivity contribution in [2.45, 2.75) is 76.3 Å². The first-order valence-corrected chi connectivity index (χ1v) is 8.73. The summed E-state index contributed by atoms with van der Waals surface area (Å²) in [7, 11) is 1.74. The zero-order valence-corrected chi connectivity index (χ0v) is 13.7. The lowest BCUT2D eigenvalue weighted by Gasteiger charge is -2.30. The highest BCUT2D eigenvalue weighted by Gasteiger charge is 2.33. The Morgan fingerprint density at radius 1 is 1.24 bits per heavy atom. The molecule has 0 bridgehead atoms. The van der Waals surface area contributed by atoms with E-state index in [9.17, 15) is 9.90 Å². The van der Waals surface area contributed by atoms with E-state index in [-0.39, 0.29) is 0 Å². The number of aliphatic carboxylic acids is 1. The fraction of sp³-hybridized carbons (Fsp3) is 0.941. The zero-order chi connectivity index (χ0) is 15.3. The van der Waals surface area contributed by atoms with Crippen LogP contribution in [0.5, 0.6) is 0 Å². The van der Waals surface area contributed by atoms with Gasteiger partial charge in [0, 0.05) is 6.04 Å². The van der Waals surface area contributed by atoms with E-state index in [2.05, 4.69) is 10.2 Å². The first-order chi connectivity index (χ1) is 10.1. The maximum absolute atomic E-state index is 11.3. The Labute approximate surface area is 129 Å². The third-order valence-corrected chi connectivity index (χ3v) is 5.75. The van der Waals surface area contributed by atoms with E-state index in [1.54, 1.807) is 14.0 Å². The van der Waals surface area contributed by atoms with Crippen LogP contribution in [0, 0.1) is 5.92 Å². The van der Waals surface area contributed by atoms with Gasteiger partial charge >= 0.3 is 5.97 Å². The van der Waals surface area contributed by atoms with Crippen molar-refractivity contribution in [2.75, 3.05) is 20.1 Å². The molecular weight excluding hydrogens is 264 g/mol. The van der Waals surface area contributed by atoms with Crippen molar-refractivity contribution in [1.29, 1.82) is 0 Å². The van der Waals surface area contributed by atoms with Crippen molar-refractivity contribution in [2.24, 2.45) is 5.92 Å². The molecule has 2 fully saturated rings. The second-order valence-corrected chi connectivity index (χ2v) is 7.13. The quantitative estimate of drug-likeness (QED) is 0.676. The van der Waals surface area contributed by atoms with Crippen LogP contribution in [0.1, 0.15) is 64.7 Å². The van der Waals surface area contributed by atoms with Gasteiger partial charge in [0.1, 0.15) is 5.54 Å². The van der Waals surface area contributed by atoms with E-state index in [0.717, 1.165) is 31.3 Å². The van der Waals surface area contributed by atoms with Crippen molar-refractivity contribution < 1.29 is 9.90 Å². The number of unbranched alkanes of at least 4 members (excludes halogenated alkanes) is 1. The number of nitrogens with zero attached hydrogens (tertiary/aromatic N) is 1. The average Bonchev–Trinajstić information content (AvgIpc) is 3.13. The van der Waals surface area contributed by atoms with E-state index in [4.69, 9.17) is 0 Å². The molecule has 4 heteroatoms. The van der Waals surface area contributed by atoms with Crippen molar-refractivity contribution in [3.8, 4) is 0 Å². The lowest BCUT2D eigenvalue weighted by atomic mass is 9.94. The van der Waals surface area contributed by atoms with Gasteiger partial charge in [-0.15, -0.1) is 0 Å². The van der Waals surface area contributed by atoms with Gasteiger partial charge in [-0.2, -0.15) is 0 Å². The number of carbonyl (C=O) groups is 1. The van der Waals surface area contributed by atoms with Gasteiger partial charge in [-0.3, -0.25) is 4.79 Å². The molecule has 2 atom stereocenters. The van der Waals surface area contributed by atoms with Gasteiger partial charge in [0.2, 0.25) is 0 Å². The summed E-state index contributed by atoms with van der Waals surface area (Å²) in [5.41, 5.74) is -0.768. The highest BCUT2D eigenvalue weighted by molar-refractivity contribution is 5.78. The van der Waals surface area contributed by atoms with Gasteiger partial charge in [0.05, 0.1) is 0 Å². The maximum Gasteiger partial charge on any atom is 0.323 e. The Balaban J connectivity index is 1.71. The van der Waals surface area contributed by atoms with Gasteiger partial charge in [0.15, 0.2) is 0 Å². The normalized spacial score (nSPS) is 27.0. The number of carboxylic acids is 1. The monoisotopic (exact) mass is 296 g/mol. The fourth-order valence-electron chi connectivity index (χ4n) is 4.14. The molecule has 2 N–H and O–H groups in total. The summed E-state index contributed by atoms with van der Waals surface area (Å²) in [6.07, 6.45) is 11.3. The van der Waals surface area contributed by atoms with Crippen LogP contribution in [0.3, 0.4) is 0 Å². The smallest absolute Gasteiger partial charge is 0.323 e. The summed E-state index contributed by atoms with van der Waals surface area (Å²) in [4.78, 5) is 13.9. The number of hydrogen-bond donors (Lipinski definition) is 2. The van der Waals surface area contributed by atoms with Gasteiger partial charge in [0.25, 0.3) is 0 Å². The van der Waals surface area contributed by atoms with Crippen LogP contribution in [0.2, 0.25) is 0 Å². The van der Waals surface area contributed by atoms with E-state index in [1.807, 2.05) is 0 Å². The average molecular weight is 296 g/mol. The highest BCUT2D eigenvalue weighted by atomic mass is 16.4. The van der Waals surface area contributed by atoms with Crippen molar-refractivity contribution in [3.05, 3.63) is 0 Å². The summed E-state index contributed by atoms with van der Waals surface area (Å²) in [6, 6.07) is 0.822. The molecule has 2 aliphatic rings. The first-order valence-electron chi connectivity index (χ1n) is 8.73. The minimum Gasteiger partial charge on any atom is -0.480 e. The van der Waals surface area contributed by atoms with Crippen LogP contribution < -0.4 is 5.32 Å². The topological polar surface area (TPSA) is 52.6 Å². The van der Waals surface area contributed by atoms with Crippen LogP contribution in [-0.2, 0) is 4.79 Å². The molecule has 1 saturated heterocycles. The van der Waals surface area contributed by atoms with Crippen LogP contribution in [0.15, 0.2) is 0 Å². The molecule has 4 nitrogen and oxygen atoms in total. The third-order valence-electron chi connectivity index (χ3n) is 5.75. The molecule has 1 heterocycles. The summed E-state index contributed by atoms with van der Waals surface area (Å²) in [5, 5.41) is 12.2. The van der Waals surface area contributed by atoms with Gasteiger partial charge in [-0.1, -0.05) is 12.8 Å². The molecule has 0 radical (unpaired) electrons. The molecule has 21 heavy (non-hydrogen) atoms. The molecule has 1 aliphatic carbocycles. The predicted molar refractivity (Wildman–Crippen MR) is 85.5 cm³/mol. The lowest BCUT2D eigenvalue weighted by Crippen LogP contribution is -2.47. The fourth-order valence-corrected chi connectivity index (χ4v) is 4.14. The Hall–Kier alpha value is -0.610. The van der Waals surface area contributed by atoms with Crippen molar-refractivity contribution in [1.82, 2.24) is 10.2 Å². The molecular formula is C17H32N2O2. The van der Waals surface area contributed by atoms with Crippen molar-refractivity contribution in [3.63, 3.8) is 0 Å². The molecule has 0 aromatic carbocycles. The molecule has 1 aliphatic heterocycles. The van der Waals surface area contributed by atoms with Crippen molar-refractivity contribution >= 4 is 5.97 Å². The molecule has 0 aromatic heterocycles. The minimum absolute atomic E-state index is 0.709. The first kappa shape index (κ1) is 16.8. The molecule has 2 rings (SSSR count). The Kier molecular flexibility index (Phi) is 6.06. The molecule has 2 unspecified atom stereocenters. The summed E-state index contributed by atoms with van der Waals surface area (Å²) in [5.74, 6) is 0.198. The SMILES string of the molecule is CNC(C)(CCCCN1CCCC1C1CCCC1)C(=O)O. The predicted octanol–water partition coefficient (Wildman–Crippen LogP) is 2.87. The highest BCUT2D eigenvalue weighted by Crippen LogP contribution is 2.35. The van der Waals surface area contributed by atoms with Crippen LogP contribution in [0.25, 0.3) is 0 Å². The van der Waals surface area contributed by atoms with Crippen LogP contribution in [0.4, 0.5) is 0 Å². The van der Waals surface area contributed by atoms with Gasteiger partial charge in [-0.05, 0) is 77.9 Å². The Morgan fingerprint density at radius 3 is 2.57 bits per heavy atom.